The zero-order valence-corrected chi connectivity index (χ0v) is 10.8. The predicted octanol–water partition coefficient (Wildman–Crippen LogP) is -0.421. The third-order valence-electron chi connectivity index (χ3n) is 2.20. The minimum absolute atomic E-state index is 0.0407. The van der Waals surface area contributed by atoms with E-state index in [0.29, 0.717) is 6.42 Å². The molecule has 0 aliphatic carbocycles. The van der Waals surface area contributed by atoms with Crippen LogP contribution in [0.15, 0.2) is 0 Å². The molecule has 0 aromatic heterocycles. The van der Waals surface area contributed by atoms with Gasteiger partial charge in [-0.2, -0.15) is 0 Å². The third kappa shape index (κ3) is 10.7. The summed E-state index contributed by atoms with van der Waals surface area (Å²) in [4.78, 5) is 43.4. The summed E-state index contributed by atoms with van der Waals surface area (Å²) in [6.45, 7) is 1.84. The van der Waals surface area contributed by atoms with Crippen LogP contribution >= 0.6 is 0 Å². The van der Waals surface area contributed by atoms with E-state index in [9.17, 15) is 19.2 Å². The zero-order valence-electron chi connectivity index (χ0n) is 10.8. The number of nitrogens with two attached hydrogens (primary N) is 1. The van der Waals surface area contributed by atoms with E-state index in [1.807, 2.05) is 0 Å². The second-order valence-corrected chi connectivity index (χ2v) is 4.28. The summed E-state index contributed by atoms with van der Waals surface area (Å²) in [5, 5.41) is 13.0. The molecule has 19 heavy (non-hydrogen) atoms. The Labute approximate surface area is 110 Å². The van der Waals surface area contributed by atoms with E-state index >= 15 is 0 Å². The summed E-state index contributed by atoms with van der Waals surface area (Å²) in [5.41, 5.74) is 4.92. The molecule has 8 nitrogen and oxygen atoms in total. The van der Waals surface area contributed by atoms with Crippen molar-refractivity contribution in [3.05, 3.63) is 0 Å². The SMILES string of the molecule is CC(CC(=O)O)CC(=O)NC(=O)NCCCC(N)=O. The molecule has 1 atom stereocenters. The van der Waals surface area contributed by atoms with Crippen molar-refractivity contribution in [1.82, 2.24) is 10.6 Å². The summed E-state index contributed by atoms with van der Waals surface area (Å²) >= 11 is 0. The van der Waals surface area contributed by atoms with E-state index in [2.05, 4.69) is 10.6 Å². The van der Waals surface area contributed by atoms with Gasteiger partial charge in [0.1, 0.15) is 0 Å². The van der Waals surface area contributed by atoms with Gasteiger partial charge in [0, 0.05) is 25.8 Å². The second kappa shape index (κ2) is 8.90. The lowest BCUT2D eigenvalue weighted by molar-refractivity contribution is -0.138. The molecule has 0 saturated carbocycles. The largest absolute Gasteiger partial charge is 0.481 e. The summed E-state index contributed by atoms with van der Waals surface area (Å²) < 4.78 is 0. The van der Waals surface area contributed by atoms with Gasteiger partial charge in [-0.15, -0.1) is 0 Å². The molecule has 0 spiro atoms. The predicted molar refractivity (Wildman–Crippen MR) is 66.0 cm³/mol. The highest BCUT2D eigenvalue weighted by Crippen LogP contribution is 2.06. The molecule has 0 aromatic rings. The van der Waals surface area contributed by atoms with Crippen molar-refractivity contribution in [2.75, 3.05) is 6.54 Å². The molecule has 108 valence electrons. The Morgan fingerprint density at radius 2 is 1.84 bits per heavy atom. The van der Waals surface area contributed by atoms with Gasteiger partial charge < -0.3 is 16.2 Å². The lowest BCUT2D eigenvalue weighted by Gasteiger charge is -2.09. The monoisotopic (exact) mass is 273 g/mol. The maximum absolute atomic E-state index is 11.3. The van der Waals surface area contributed by atoms with Gasteiger partial charge in [-0.25, -0.2) is 4.79 Å². The van der Waals surface area contributed by atoms with Crippen molar-refractivity contribution in [2.45, 2.75) is 32.6 Å². The molecular weight excluding hydrogens is 254 g/mol. The summed E-state index contributed by atoms with van der Waals surface area (Å²) in [6, 6.07) is -0.669. The number of imide groups is 1. The third-order valence-corrected chi connectivity index (χ3v) is 2.20. The first-order valence-corrected chi connectivity index (χ1v) is 5.89. The lowest BCUT2D eigenvalue weighted by atomic mass is 10.0. The van der Waals surface area contributed by atoms with Crippen molar-refractivity contribution < 1.29 is 24.3 Å². The maximum Gasteiger partial charge on any atom is 0.321 e. The molecule has 0 radical (unpaired) electrons. The van der Waals surface area contributed by atoms with Gasteiger partial charge in [-0.1, -0.05) is 6.92 Å². The molecule has 1 unspecified atom stereocenters. The van der Waals surface area contributed by atoms with Crippen LogP contribution in [-0.4, -0.2) is 35.5 Å². The summed E-state index contributed by atoms with van der Waals surface area (Å²) in [6.07, 6.45) is 0.380. The number of amides is 4. The highest BCUT2D eigenvalue weighted by Gasteiger charge is 2.14. The smallest absolute Gasteiger partial charge is 0.321 e. The van der Waals surface area contributed by atoms with Crippen LogP contribution in [0.25, 0.3) is 0 Å². The number of hydrogen-bond acceptors (Lipinski definition) is 4. The van der Waals surface area contributed by atoms with Crippen molar-refractivity contribution >= 4 is 23.8 Å². The molecule has 4 amide bonds. The van der Waals surface area contributed by atoms with Crippen LogP contribution in [0.4, 0.5) is 4.79 Å². The van der Waals surface area contributed by atoms with Crippen LogP contribution in [0.2, 0.25) is 0 Å². The summed E-state index contributed by atoms with van der Waals surface area (Å²) in [5.74, 6) is -2.33. The van der Waals surface area contributed by atoms with Crippen LogP contribution in [0.3, 0.4) is 0 Å². The Morgan fingerprint density at radius 3 is 2.37 bits per heavy atom. The molecule has 0 bridgehead atoms. The van der Waals surface area contributed by atoms with Gasteiger partial charge in [0.15, 0.2) is 0 Å². The summed E-state index contributed by atoms with van der Waals surface area (Å²) in [7, 11) is 0. The molecule has 0 aromatic carbocycles. The molecule has 0 aliphatic rings. The number of nitrogens with one attached hydrogen (secondary N) is 2. The molecule has 8 heteroatoms. The highest BCUT2D eigenvalue weighted by atomic mass is 16.4. The second-order valence-electron chi connectivity index (χ2n) is 4.28. The van der Waals surface area contributed by atoms with E-state index in [0.717, 1.165) is 0 Å². The minimum Gasteiger partial charge on any atom is -0.481 e. The molecule has 0 fully saturated rings. The van der Waals surface area contributed by atoms with Crippen molar-refractivity contribution in [3.8, 4) is 0 Å². The molecule has 0 rings (SSSR count). The van der Waals surface area contributed by atoms with E-state index in [1.165, 1.54) is 0 Å². The number of carbonyl (C=O) groups excluding carboxylic acids is 3. The standard InChI is InChI=1S/C11H19N3O5/c1-7(6-10(17)18)5-9(16)14-11(19)13-4-2-3-8(12)15/h7H,2-6H2,1H3,(H2,12,15)(H,17,18)(H2,13,14,16,19). The number of urea groups is 1. The Bertz CT molecular complexity index is 356. The number of hydrogen-bond donors (Lipinski definition) is 4. The minimum atomic E-state index is -0.990. The van der Waals surface area contributed by atoms with E-state index in [1.54, 1.807) is 6.92 Å². The average Bonchev–Trinajstić information content (AvgIpc) is 2.22. The van der Waals surface area contributed by atoms with Crippen molar-refractivity contribution in [3.63, 3.8) is 0 Å². The quantitative estimate of drug-likeness (QED) is 0.445. The average molecular weight is 273 g/mol. The first-order valence-electron chi connectivity index (χ1n) is 5.89. The number of aliphatic carboxylic acids is 1. The van der Waals surface area contributed by atoms with Crippen LogP contribution < -0.4 is 16.4 Å². The van der Waals surface area contributed by atoms with Crippen LogP contribution in [-0.2, 0) is 14.4 Å². The van der Waals surface area contributed by atoms with Gasteiger partial charge >= 0.3 is 12.0 Å². The van der Waals surface area contributed by atoms with Crippen molar-refractivity contribution in [2.24, 2.45) is 11.7 Å². The van der Waals surface area contributed by atoms with Gasteiger partial charge in [0.25, 0.3) is 0 Å². The fourth-order valence-electron chi connectivity index (χ4n) is 1.37. The van der Waals surface area contributed by atoms with Gasteiger partial charge in [-0.05, 0) is 12.3 Å². The maximum atomic E-state index is 11.3. The first kappa shape index (κ1) is 16.9. The number of rotatable bonds is 8. The lowest BCUT2D eigenvalue weighted by Crippen LogP contribution is -2.40. The fourth-order valence-corrected chi connectivity index (χ4v) is 1.37. The van der Waals surface area contributed by atoms with Crippen LogP contribution in [0, 0.1) is 5.92 Å². The Balaban J connectivity index is 3.77. The van der Waals surface area contributed by atoms with Crippen LogP contribution in [0.1, 0.15) is 32.6 Å². The van der Waals surface area contributed by atoms with E-state index in [4.69, 9.17) is 10.8 Å². The molecule has 5 N–H and O–H groups in total. The van der Waals surface area contributed by atoms with Gasteiger partial charge in [0.05, 0.1) is 0 Å². The van der Waals surface area contributed by atoms with Crippen molar-refractivity contribution in [1.29, 1.82) is 0 Å². The number of primary amides is 1. The molecule has 0 saturated heterocycles. The Morgan fingerprint density at radius 1 is 1.21 bits per heavy atom. The van der Waals surface area contributed by atoms with Gasteiger partial charge in [-0.3, -0.25) is 19.7 Å². The first-order chi connectivity index (χ1) is 8.81. The van der Waals surface area contributed by atoms with E-state index < -0.39 is 23.8 Å². The zero-order chi connectivity index (χ0) is 14.8. The topological polar surface area (TPSA) is 139 Å². The number of carboxylic acid groups (broad SMARTS) is 1. The fraction of sp³-hybridized carbons (Fsp3) is 0.636. The van der Waals surface area contributed by atoms with E-state index in [-0.39, 0.29) is 31.7 Å². The Kier molecular flexibility index (Phi) is 7.90. The van der Waals surface area contributed by atoms with Gasteiger partial charge in [0.2, 0.25) is 11.8 Å². The normalized spacial score (nSPS) is 11.4. The highest BCUT2D eigenvalue weighted by molar-refractivity contribution is 5.94. The molecular formula is C11H19N3O5. The number of carboxylic acids is 1. The van der Waals surface area contributed by atoms with Crippen LogP contribution in [0.5, 0.6) is 0 Å². The Hall–Kier alpha value is -2.12. The number of carbonyl (C=O) groups is 4. The molecule has 0 aliphatic heterocycles. The molecule has 0 heterocycles.